The zero-order valence-corrected chi connectivity index (χ0v) is 17.6. The third kappa shape index (κ3) is 6.39. The molecule has 1 amide bonds. The number of hydrogen-bond donors (Lipinski definition) is 3. The van der Waals surface area contributed by atoms with Gasteiger partial charge in [0.2, 0.25) is 0 Å². The van der Waals surface area contributed by atoms with Crippen molar-refractivity contribution < 1.29 is 14.7 Å². The minimum atomic E-state index is -0.250. The molecule has 8 heteroatoms. The van der Waals surface area contributed by atoms with E-state index < -0.39 is 0 Å². The number of carboxylic acid groups (broad SMARTS) is 1. The molecule has 1 fully saturated rings. The number of nitrogens with zero attached hydrogens (tertiary/aromatic N) is 3. The number of likely N-dealkylation sites (tertiary alicyclic amines) is 1. The SMILES string of the molecule is CN1CCCC1CCNC(=O)c1cccc(-c2n[nH]c(C(C)(C)C)n2)c1.O=CO. The van der Waals surface area contributed by atoms with Crippen molar-refractivity contribution in [1.29, 1.82) is 0 Å². The van der Waals surface area contributed by atoms with E-state index >= 15 is 0 Å². The molecule has 2 aromatic rings. The molecule has 3 rings (SSSR count). The second-order valence-electron chi connectivity index (χ2n) is 8.27. The molecule has 0 radical (unpaired) electrons. The molecule has 158 valence electrons. The van der Waals surface area contributed by atoms with E-state index in [-0.39, 0.29) is 17.8 Å². The van der Waals surface area contributed by atoms with E-state index in [2.05, 4.69) is 53.2 Å². The first-order chi connectivity index (χ1) is 13.8. The Labute approximate surface area is 171 Å². The summed E-state index contributed by atoms with van der Waals surface area (Å²) in [6.45, 7) is 7.87. The van der Waals surface area contributed by atoms with Crippen molar-refractivity contribution >= 4 is 12.4 Å². The van der Waals surface area contributed by atoms with Gasteiger partial charge in [0.15, 0.2) is 5.82 Å². The molecular formula is C21H31N5O3. The van der Waals surface area contributed by atoms with E-state index in [1.807, 2.05) is 24.3 Å². The third-order valence-electron chi connectivity index (χ3n) is 5.01. The molecular weight excluding hydrogens is 370 g/mol. The molecule has 29 heavy (non-hydrogen) atoms. The summed E-state index contributed by atoms with van der Waals surface area (Å²) in [5, 5.41) is 17.2. The Kier molecular flexibility index (Phi) is 7.90. The van der Waals surface area contributed by atoms with Crippen LogP contribution in [0.4, 0.5) is 0 Å². The van der Waals surface area contributed by atoms with Crippen LogP contribution in [0.15, 0.2) is 24.3 Å². The molecule has 0 bridgehead atoms. The van der Waals surface area contributed by atoms with Crippen molar-refractivity contribution in [2.24, 2.45) is 0 Å². The Bertz CT molecular complexity index is 813. The molecule has 8 nitrogen and oxygen atoms in total. The van der Waals surface area contributed by atoms with Gasteiger partial charge in [-0.15, -0.1) is 0 Å². The standard InChI is InChI=1S/C20H29N5O.CH2O2/c1-20(2,3)19-22-17(23-24-19)14-7-5-8-15(13-14)18(26)21-11-10-16-9-6-12-25(16)4;2-1-3/h5,7-8,13,16H,6,9-12H2,1-4H3,(H,21,26)(H,22,23,24);1H,(H,2,3). The van der Waals surface area contributed by atoms with Gasteiger partial charge in [0.05, 0.1) is 0 Å². The van der Waals surface area contributed by atoms with Crippen LogP contribution in [0.2, 0.25) is 0 Å². The molecule has 0 spiro atoms. The smallest absolute Gasteiger partial charge is 0.290 e. The second-order valence-corrected chi connectivity index (χ2v) is 8.27. The van der Waals surface area contributed by atoms with Gasteiger partial charge in [-0.3, -0.25) is 14.7 Å². The summed E-state index contributed by atoms with van der Waals surface area (Å²) in [6, 6.07) is 8.08. The molecule has 0 aliphatic carbocycles. The number of carbonyl (C=O) groups is 2. The fraction of sp³-hybridized carbons (Fsp3) is 0.524. The van der Waals surface area contributed by atoms with Crippen LogP contribution in [0.1, 0.15) is 56.2 Å². The molecule has 1 saturated heterocycles. The maximum Gasteiger partial charge on any atom is 0.290 e. The molecule has 1 atom stereocenters. The third-order valence-corrected chi connectivity index (χ3v) is 5.01. The van der Waals surface area contributed by atoms with Gasteiger partial charge < -0.3 is 15.3 Å². The quantitative estimate of drug-likeness (QED) is 0.664. The minimum absolute atomic E-state index is 0.0425. The number of H-pyrrole nitrogens is 1. The van der Waals surface area contributed by atoms with Crippen molar-refractivity contribution in [2.45, 2.75) is 51.5 Å². The first-order valence-corrected chi connectivity index (χ1v) is 9.86. The number of nitrogens with one attached hydrogen (secondary N) is 2. The summed E-state index contributed by atoms with van der Waals surface area (Å²) in [5.74, 6) is 1.42. The molecule has 1 aromatic carbocycles. The predicted molar refractivity (Wildman–Crippen MR) is 112 cm³/mol. The molecule has 1 aromatic heterocycles. The molecule has 1 aliphatic rings. The second kappa shape index (κ2) is 10.2. The average molecular weight is 402 g/mol. The van der Waals surface area contributed by atoms with Gasteiger partial charge in [0, 0.05) is 29.1 Å². The number of rotatable bonds is 5. The lowest BCUT2D eigenvalue weighted by atomic mass is 9.96. The average Bonchev–Trinajstić information content (AvgIpc) is 3.32. The van der Waals surface area contributed by atoms with Gasteiger partial charge in [-0.2, -0.15) is 5.10 Å². The first kappa shape index (κ1) is 22.5. The number of aromatic nitrogens is 3. The number of amides is 1. The molecule has 3 N–H and O–H groups in total. The molecule has 1 aliphatic heterocycles. The van der Waals surface area contributed by atoms with Gasteiger partial charge in [-0.1, -0.05) is 32.9 Å². The Morgan fingerprint density at radius 3 is 2.72 bits per heavy atom. The van der Waals surface area contributed by atoms with Crippen LogP contribution < -0.4 is 5.32 Å². The van der Waals surface area contributed by atoms with Crippen LogP contribution in [-0.2, 0) is 10.2 Å². The van der Waals surface area contributed by atoms with Crippen LogP contribution in [0.5, 0.6) is 0 Å². The fourth-order valence-corrected chi connectivity index (χ4v) is 3.32. The summed E-state index contributed by atoms with van der Waals surface area (Å²) in [4.78, 5) is 27.8. The van der Waals surface area contributed by atoms with E-state index in [0.29, 0.717) is 24.0 Å². The van der Waals surface area contributed by atoms with Crippen LogP contribution in [0, 0.1) is 0 Å². The van der Waals surface area contributed by atoms with E-state index in [1.165, 1.54) is 12.8 Å². The van der Waals surface area contributed by atoms with Crippen LogP contribution in [0.25, 0.3) is 11.4 Å². The maximum absolute atomic E-state index is 12.5. The van der Waals surface area contributed by atoms with E-state index in [0.717, 1.165) is 24.4 Å². The first-order valence-electron chi connectivity index (χ1n) is 9.86. The zero-order valence-electron chi connectivity index (χ0n) is 17.6. The Balaban J connectivity index is 0.000000941. The lowest BCUT2D eigenvalue weighted by Crippen LogP contribution is -2.31. The highest BCUT2D eigenvalue weighted by molar-refractivity contribution is 5.95. The van der Waals surface area contributed by atoms with Crippen LogP contribution in [-0.4, -0.2) is 63.7 Å². The summed E-state index contributed by atoms with van der Waals surface area (Å²) < 4.78 is 0. The zero-order chi connectivity index (χ0) is 21.4. The normalized spacial score (nSPS) is 16.8. The largest absolute Gasteiger partial charge is 0.483 e. The monoisotopic (exact) mass is 401 g/mol. The Morgan fingerprint density at radius 2 is 2.14 bits per heavy atom. The molecule has 1 unspecified atom stereocenters. The van der Waals surface area contributed by atoms with Crippen LogP contribution >= 0.6 is 0 Å². The summed E-state index contributed by atoms with van der Waals surface area (Å²) in [7, 11) is 2.16. The number of hydrogen-bond acceptors (Lipinski definition) is 5. The van der Waals surface area contributed by atoms with Crippen molar-refractivity contribution in [3.05, 3.63) is 35.7 Å². The van der Waals surface area contributed by atoms with Gasteiger partial charge >= 0.3 is 0 Å². The number of aromatic amines is 1. The number of benzene rings is 1. The fourth-order valence-electron chi connectivity index (χ4n) is 3.32. The Hall–Kier alpha value is -2.74. The van der Waals surface area contributed by atoms with Gasteiger partial charge in [-0.25, -0.2) is 4.98 Å². The highest BCUT2D eigenvalue weighted by atomic mass is 16.3. The lowest BCUT2D eigenvalue weighted by Gasteiger charge is -2.19. The van der Waals surface area contributed by atoms with Crippen molar-refractivity contribution in [3.63, 3.8) is 0 Å². The van der Waals surface area contributed by atoms with Crippen molar-refractivity contribution in [1.82, 2.24) is 25.4 Å². The minimum Gasteiger partial charge on any atom is -0.483 e. The topological polar surface area (TPSA) is 111 Å². The Morgan fingerprint density at radius 1 is 1.41 bits per heavy atom. The van der Waals surface area contributed by atoms with E-state index in [4.69, 9.17) is 9.90 Å². The lowest BCUT2D eigenvalue weighted by molar-refractivity contribution is -0.122. The maximum atomic E-state index is 12.5. The van der Waals surface area contributed by atoms with Crippen molar-refractivity contribution in [3.8, 4) is 11.4 Å². The summed E-state index contributed by atoms with van der Waals surface area (Å²) in [6.07, 6.45) is 3.48. The van der Waals surface area contributed by atoms with E-state index in [1.54, 1.807) is 0 Å². The van der Waals surface area contributed by atoms with Crippen LogP contribution in [0.3, 0.4) is 0 Å². The molecule has 2 heterocycles. The van der Waals surface area contributed by atoms with Gasteiger partial charge in [0.1, 0.15) is 5.82 Å². The van der Waals surface area contributed by atoms with Gasteiger partial charge in [-0.05, 0) is 45.0 Å². The van der Waals surface area contributed by atoms with Gasteiger partial charge in [0.25, 0.3) is 12.4 Å². The van der Waals surface area contributed by atoms with E-state index in [9.17, 15) is 4.79 Å². The predicted octanol–water partition coefficient (Wildman–Crippen LogP) is 2.68. The van der Waals surface area contributed by atoms with Crippen molar-refractivity contribution in [2.75, 3.05) is 20.1 Å². The summed E-state index contributed by atoms with van der Waals surface area (Å²) >= 11 is 0. The highest BCUT2D eigenvalue weighted by Gasteiger charge is 2.21. The highest BCUT2D eigenvalue weighted by Crippen LogP contribution is 2.22. The summed E-state index contributed by atoms with van der Waals surface area (Å²) in [5.41, 5.74) is 1.40. The number of carbonyl (C=O) groups excluding carboxylic acids is 1. The molecule has 0 saturated carbocycles.